The van der Waals surface area contributed by atoms with Gasteiger partial charge in [-0.1, -0.05) is 17.8 Å². The number of hydrogen-bond donors (Lipinski definition) is 1. The van der Waals surface area contributed by atoms with E-state index >= 15 is 0 Å². The Morgan fingerprint density at radius 3 is 2.76 bits per heavy atom. The molecule has 0 aliphatic heterocycles. The van der Waals surface area contributed by atoms with Gasteiger partial charge in [0, 0.05) is 18.1 Å². The molecule has 3 rings (SSSR count). The van der Waals surface area contributed by atoms with E-state index in [9.17, 15) is 14.9 Å². The molecule has 0 bridgehead atoms. The summed E-state index contributed by atoms with van der Waals surface area (Å²) in [7, 11) is 0. The van der Waals surface area contributed by atoms with Crippen molar-refractivity contribution in [1.29, 1.82) is 0 Å². The number of rotatable bonds is 6. The van der Waals surface area contributed by atoms with Gasteiger partial charge in [-0.3, -0.25) is 4.79 Å². The van der Waals surface area contributed by atoms with Crippen molar-refractivity contribution in [2.45, 2.75) is 16.6 Å². The smallest absolute Gasteiger partial charge is 0.358 e. The second kappa shape index (κ2) is 7.53. The highest BCUT2D eigenvalue weighted by Gasteiger charge is 2.13. The van der Waals surface area contributed by atoms with Crippen molar-refractivity contribution in [3.63, 3.8) is 0 Å². The van der Waals surface area contributed by atoms with Crippen molar-refractivity contribution in [3.05, 3.63) is 65.1 Å². The first-order chi connectivity index (χ1) is 12.1. The van der Waals surface area contributed by atoms with Crippen molar-refractivity contribution in [2.75, 3.05) is 5.32 Å². The number of pyridine rings is 2. The lowest BCUT2D eigenvalue weighted by molar-refractivity contribution is -0.389. The van der Waals surface area contributed by atoms with Gasteiger partial charge < -0.3 is 15.4 Å². The lowest BCUT2D eigenvalue weighted by Crippen LogP contribution is -2.19. The highest BCUT2D eigenvalue weighted by Crippen LogP contribution is 2.25. The summed E-state index contributed by atoms with van der Waals surface area (Å²) in [5.41, 5.74) is 0.570. The van der Waals surface area contributed by atoms with Crippen LogP contribution in [0.2, 0.25) is 0 Å². The number of carbonyl (C=O) groups is 1. The molecule has 3 heterocycles. The maximum atomic E-state index is 12.0. The molecular weight excluding hydrogens is 344 g/mol. The highest BCUT2D eigenvalue weighted by atomic mass is 32.2. The molecule has 0 aliphatic carbocycles. The van der Waals surface area contributed by atoms with Crippen molar-refractivity contribution < 1.29 is 9.72 Å². The third-order valence-electron chi connectivity index (χ3n) is 2.98. The average Bonchev–Trinajstić information content (AvgIpc) is 3.05. The number of nitro groups is 1. The zero-order valence-corrected chi connectivity index (χ0v) is 13.6. The van der Waals surface area contributed by atoms with E-state index in [1.165, 1.54) is 28.7 Å². The van der Waals surface area contributed by atoms with E-state index in [1.54, 1.807) is 24.5 Å². The van der Waals surface area contributed by atoms with Gasteiger partial charge in [0.15, 0.2) is 0 Å². The monoisotopic (exact) mass is 356 g/mol. The fourth-order valence-electron chi connectivity index (χ4n) is 1.94. The molecule has 0 unspecified atom stereocenters. The van der Waals surface area contributed by atoms with Crippen LogP contribution in [0.1, 0.15) is 0 Å². The van der Waals surface area contributed by atoms with Gasteiger partial charge in [0.25, 0.3) is 0 Å². The summed E-state index contributed by atoms with van der Waals surface area (Å²) in [6.45, 7) is -0.126. The zero-order chi connectivity index (χ0) is 17.6. The fraction of sp³-hybridized carbons (Fsp3) is 0.0667. The van der Waals surface area contributed by atoms with E-state index in [0.717, 1.165) is 5.03 Å². The molecule has 0 aliphatic rings. The molecular formula is C15H12N6O3S. The number of nitrogens with zero attached hydrogens (tertiary/aromatic N) is 5. The van der Waals surface area contributed by atoms with E-state index < -0.39 is 4.92 Å². The average molecular weight is 356 g/mol. The molecule has 0 aromatic carbocycles. The first kappa shape index (κ1) is 16.6. The van der Waals surface area contributed by atoms with Crippen LogP contribution >= 0.6 is 11.8 Å². The van der Waals surface area contributed by atoms with E-state index in [4.69, 9.17) is 0 Å². The number of hydrogen-bond acceptors (Lipinski definition) is 7. The van der Waals surface area contributed by atoms with Crippen LogP contribution in [-0.2, 0) is 11.3 Å². The predicted molar refractivity (Wildman–Crippen MR) is 90.1 cm³/mol. The van der Waals surface area contributed by atoms with Crippen molar-refractivity contribution in [1.82, 2.24) is 19.7 Å². The van der Waals surface area contributed by atoms with Crippen LogP contribution in [-0.4, -0.2) is 30.6 Å². The van der Waals surface area contributed by atoms with Crippen LogP contribution in [0.3, 0.4) is 0 Å². The molecule has 9 nitrogen and oxygen atoms in total. The van der Waals surface area contributed by atoms with Crippen LogP contribution in [0.25, 0.3) is 0 Å². The van der Waals surface area contributed by atoms with Crippen LogP contribution in [0.5, 0.6) is 0 Å². The minimum atomic E-state index is -0.613. The maximum Gasteiger partial charge on any atom is 0.389 e. The normalized spacial score (nSPS) is 10.4. The Kier molecular flexibility index (Phi) is 5.00. The summed E-state index contributed by atoms with van der Waals surface area (Å²) < 4.78 is 1.21. The minimum Gasteiger partial charge on any atom is -0.358 e. The van der Waals surface area contributed by atoms with Gasteiger partial charge in [-0.2, -0.15) is 4.68 Å². The van der Waals surface area contributed by atoms with Crippen molar-refractivity contribution in [3.8, 4) is 0 Å². The van der Waals surface area contributed by atoms with Gasteiger partial charge in [-0.15, -0.1) is 0 Å². The van der Waals surface area contributed by atoms with Gasteiger partial charge >= 0.3 is 5.82 Å². The molecule has 3 aromatic heterocycles. The van der Waals surface area contributed by atoms with Crippen molar-refractivity contribution in [2.24, 2.45) is 0 Å². The predicted octanol–water partition coefficient (Wildman–Crippen LogP) is 2.37. The third kappa shape index (κ3) is 4.61. The van der Waals surface area contributed by atoms with Crippen LogP contribution < -0.4 is 5.32 Å². The van der Waals surface area contributed by atoms with Gasteiger partial charge in [0.05, 0.1) is 17.4 Å². The van der Waals surface area contributed by atoms with Crippen LogP contribution in [0, 0.1) is 10.1 Å². The van der Waals surface area contributed by atoms with E-state index in [1.807, 2.05) is 18.2 Å². The Hall–Kier alpha value is -3.27. The lowest BCUT2D eigenvalue weighted by Gasteiger charge is -2.06. The molecule has 0 saturated carbocycles. The second-order valence-corrected chi connectivity index (χ2v) is 5.87. The molecule has 10 heteroatoms. The highest BCUT2D eigenvalue weighted by molar-refractivity contribution is 7.99. The molecule has 0 saturated heterocycles. The summed E-state index contributed by atoms with van der Waals surface area (Å²) in [6, 6.07) is 10.2. The van der Waals surface area contributed by atoms with Gasteiger partial charge in [0.1, 0.15) is 16.6 Å². The largest absolute Gasteiger partial charge is 0.389 e. The lowest BCUT2D eigenvalue weighted by atomic mass is 10.4. The third-order valence-corrected chi connectivity index (χ3v) is 3.87. The summed E-state index contributed by atoms with van der Waals surface area (Å²) in [5.74, 6) is -0.649. The van der Waals surface area contributed by atoms with Gasteiger partial charge in [-0.05, 0) is 29.2 Å². The molecule has 0 spiro atoms. The number of nitrogens with one attached hydrogen (secondary N) is 1. The van der Waals surface area contributed by atoms with E-state index in [-0.39, 0.29) is 18.3 Å². The zero-order valence-electron chi connectivity index (χ0n) is 12.8. The molecule has 0 atom stereocenters. The van der Waals surface area contributed by atoms with Gasteiger partial charge in [-0.25, -0.2) is 9.97 Å². The van der Waals surface area contributed by atoms with Crippen molar-refractivity contribution >= 4 is 29.2 Å². The fourth-order valence-corrected chi connectivity index (χ4v) is 2.72. The molecule has 3 aromatic rings. The number of aromatic nitrogens is 4. The first-order valence-electron chi connectivity index (χ1n) is 7.13. The Morgan fingerprint density at radius 2 is 2.04 bits per heavy atom. The van der Waals surface area contributed by atoms with E-state index in [0.29, 0.717) is 10.7 Å². The molecule has 1 amide bonds. The topological polar surface area (TPSA) is 116 Å². The summed E-state index contributed by atoms with van der Waals surface area (Å²) in [6.07, 6.45) is 4.66. The quantitative estimate of drug-likeness (QED) is 0.532. The molecule has 1 N–H and O–H groups in total. The number of amides is 1. The molecule has 0 radical (unpaired) electrons. The van der Waals surface area contributed by atoms with Crippen LogP contribution in [0.15, 0.2) is 65.0 Å². The Labute approximate surface area is 146 Å². The molecule has 126 valence electrons. The summed E-state index contributed by atoms with van der Waals surface area (Å²) in [5, 5.41) is 18.5. The minimum absolute atomic E-state index is 0.126. The maximum absolute atomic E-state index is 12.0. The Morgan fingerprint density at radius 1 is 1.20 bits per heavy atom. The number of anilines is 1. The number of carbonyl (C=O) groups excluding carboxylic acids is 1. The molecule has 0 fully saturated rings. The Balaban J connectivity index is 1.63. The molecule has 25 heavy (non-hydrogen) atoms. The SMILES string of the molecule is O=C(Cn1ccc([N+](=O)[O-])n1)Nc1ccnc(Sc2ccccn2)c1. The first-order valence-corrected chi connectivity index (χ1v) is 7.94. The standard InChI is InChI=1S/C15H12N6O3S/c22-13(10-20-8-5-12(19-20)21(23)24)18-11-4-7-17-15(9-11)25-14-3-1-2-6-16-14/h1-9H,10H2,(H,17,18,22). The summed E-state index contributed by atoms with van der Waals surface area (Å²) in [4.78, 5) is 30.5. The van der Waals surface area contributed by atoms with Gasteiger partial charge in [0.2, 0.25) is 5.91 Å². The van der Waals surface area contributed by atoms with Crippen LogP contribution in [0.4, 0.5) is 11.5 Å². The summed E-state index contributed by atoms with van der Waals surface area (Å²) >= 11 is 1.37. The van der Waals surface area contributed by atoms with E-state index in [2.05, 4.69) is 20.4 Å². The Bertz CT molecular complexity index is 899. The second-order valence-electron chi connectivity index (χ2n) is 4.83.